The van der Waals surface area contributed by atoms with Crippen LogP contribution in [0.15, 0.2) is 24.3 Å². The highest BCUT2D eigenvalue weighted by molar-refractivity contribution is 6.02. The fraction of sp³-hybridized carbons (Fsp3) is 0.500. The zero-order valence-electron chi connectivity index (χ0n) is 9.32. The van der Waals surface area contributed by atoms with Crippen molar-refractivity contribution in [3.63, 3.8) is 0 Å². The molecule has 1 saturated heterocycles. The van der Waals surface area contributed by atoms with Crippen molar-refractivity contribution >= 4 is 5.78 Å². The van der Waals surface area contributed by atoms with Crippen molar-refractivity contribution in [3.05, 3.63) is 35.4 Å². The van der Waals surface area contributed by atoms with E-state index in [1.54, 1.807) is 0 Å². The number of Topliss-reactive ketones (excluding diaryl/α,β-unsaturated/α-hetero) is 1. The Morgan fingerprint density at radius 1 is 1.25 bits per heavy atom. The van der Waals surface area contributed by atoms with Crippen molar-refractivity contribution in [2.45, 2.75) is 19.3 Å². The number of rotatable bonds is 1. The van der Waals surface area contributed by atoms with Gasteiger partial charge in [-0.15, -0.1) is 0 Å². The van der Waals surface area contributed by atoms with Gasteiger partial charge in [0.2, 0.25) is 0 Å². The molecule has 0 saturated carbocycles. The van der Waals surface area contributed by atoms with Crippen LogP contribution in [0.3, 0.4) is 0 Å². The molecule has 1 aromatic carbocycles. The second kappa shape index (κ2) is 4.02. The number of ketones is 1. The molecule has 16 heavy (non-hydrogen) atoms. The van der Waals surface area contributed by atoms with Gasteiger partial charge in [0.15, 0.2) is 5.78 Å². The number of ether oxygens (including phenoxy) is 1. The predicted octanol–water partition coefficient (Wildman–Crippen LogP) is 2.47. The molecule has 3 rings (SSSR count). The third kappa shape index (κ3) is 1.57. The summed E-state index contributed by atoms with van der Waals surface area (Å²) >= 11 is 0. The molecule has 1 heterocycles. The highest BCUT2D eigenvalue weighted by Gasteiger charge is 2.36. The van der Waals surface area contributed by atoms with Crippen LogP contribution in [-0.2, 0) is 11.2 Å². The van der Waals surface area contributed by atoms with E-state index in [1.165, 1.54) is 5.56 Å². The second-order valence-corrected chi connectivity index (χ2v) is 4.81. The third-order valence-electron chi connectivity index (χ3n) is 3.82. The largest absolute Gasteiger partial charge is 0.381 e. The summed E-state index contributed by atoms with van der Waals surface area (Å²) in [5.74, 6) is 0.956. The molecule has 0 spiro atoms. The first-order valence-corrected chi connectivity index (χ1v) is 6.06. The van der Waals surface area contributed by atoms with Gasteiger partial charge in [0.25, 0.3) is 0 Å². The highest BCUT2D eigenvalue weighted by Crippen LogP contribution is 2.34. The molecule has 0 aromatic heterocycles. The van der Waals surface area contributed by atoms with Crippen molar-refractivity contribution in [2.75, 3.05) is 13.2 Å². The molecule has 0 amide bonds. The van der Waals surface area contributed by atoms with Gasteiger partial charge in [-0.25, -0.2) is 0 Å². The number of carbonyl (C=O) groups is 1. The Hall–Kier alpha value is -1.15. The lowest BCUT2D eigenvalue weighted by molar-refractivity contribution is 0.0310. The number of fused-ring (bicyclic) bond motifs is 1. The van der Waals surface area contributed by atoms with Crippen LogP contribution in [0.5, 0.6) is 0 Å². The topological polar surface area (TPSA) is 26.3 Å². The van der Waals surface area contributed by atoms with E-state index in [1.807, 2.05) is 18.2 Å². The Balaban J connectivity index is 1.83. The fourth-order valence-electron chi connectivity index (χ4n) is 2.93. The summed E-state index contributed by atoms with van der Waals surface area (Å²) in [4.78, 5) is 12.2. The van der Waals surface area contributed by atoms with Gasteiger partial charge < -0.3 is 4.74 Å². The van der Waals surface area contributed by atoms with Crippen LogP contribution in [0.1, 0.15) is 28.8 Å². The smallest absolute Gasteiger partial charge is 0.166 e. The average molecular weight is 216 g/mol. The Kier molecular flexibility index (Phi) is 2.52. The Morgan fingerprint density at radius 2 is 2.12 bits per heavy atom. The Labute approximate surface area is 95.6 Å². The molecule has 0 N–H and O–H groups in total. The van der Waals surface area contributed by atoms with Gasteiger partial charge in [-0.3, -0.25) is 4.79 Å². The van der Waals surface area contributed by atoms with E-state index in [2.05, 4.69) is 6.07 Å². The van der Waals surface area contributed by atoms with E-state index in [0.29, 0.717) is 11.7 Å². The summed E-state index contributed by atoms with van der Waals surface area (Å²) in [6, 6.07) is 8.01. The molecule has 2 aliphatic rings. The van der Waals surface area contributed by atoms with Gasteiger partial charge in [-0.05, 0) is 30.7 Å². The van der Waals surface area contributed by atoms with Crippen molar-refractivity contribution in [1.29, 1.82) is 0 Å². The molecule has 1 aromatic rings. The first-order valence-electron chi connectivity index (χ1n) is 6.06. The van der Waals surface area contributed by atoms with Crippen LogP contribution in [0.2, 0.25) is 0 Å². The molecule has 0 radical (unpaired) electrons. The van der Waals surface area contributed by atoms with Crippen molar-refractivity contribution in [3.8, 4) is 0 Å². The summed E-state index contributed by atoms with van der Waals surface area (Å²) in [6.45, 7) is 1.63. The van der Waals surface area contributed by atoms with E-state index in [0.717, 1.165) is 38.0 Å². The minimum atomic E-state index is 0.178. The quantitative estimate of drug-likeness (QED) is 0.721. The van der Waals surface area contributed by atoms with E-state index in [-0.39, 0.29) is 5.92 Å². The van der Waals surface area contributed by atoms with Crippen LogP contribution in [0.25, 0.3) is 0 Å². The lowest BCUT2D eigenvalue weighted by Crippen LogP contribution is -2.28. The Bertz CT molecular complexity index is 405. The minimum Gasteiger partial charge on any atom is -0.381 e. The van der Waals surface area contributed by atoms with Crippen molar-refractivity contribution in [1.82, 2.24) is 0 Å². The molecule has 84 valence electrons. The molecule has 2 nitrogen and oxygen atoms in total. The average Bonchev–Trinajstić information content (AvgIpc) is 2.69. The van der Waals surface area contributed by atoms with Crippen molar-refractivity contribution < 1.29 is 9.53 Å². The van der Waals surface area contributed by atoms with Gasteiger partial charge in [-0.1, -0.05) is 24.3 Å². The first kappa shape index (κ1) is 10.0. The number of benzene rings is 1. The lowest BCUT2D eigenvalue weighted by Gasteiger charge is -2.26. The SMILES string of the molecule is O=C1c2ccccc2CC1C1CCCOC1. The summed E-state index contributed by atoms with van der Waals surface area (Å²) in [7, 11) is 0. The molecule has 2 unspecified atom stereocenters. The maximum absolute atomic E-state index is 12.2. The molecule has 1 fully saturated rings. The molecular formula is C14H16O2. The van der Waals surface area contributed by atoms with Crippen LogP contribution in [0, 0.1) is 11.8 Å². The standard InChI is InChI=1S/C14H16O2/c15-14-12-6-2-1-4-10(12)8-13(14)11-5-3-7-16-9-11/h1-2,4,6,11,13H,3,5,7-9H2. The van der Waals surface area contributed by atoms with Gasteiger partial charge in [0, 0.05) is 18.1 Å². The molecular weight excluding hydrogens is 200 g/mol. The monoisotopic (exact) mass is 216 g/mol. The third-order valence-corrected chi connectivity index (χ3v) is 3.82. The fourth-order valence-corrected chi connectivity index (χ4v) is 2.93. The van der Waals surface area contributed by atoms with Gasteiger partial charge in [0.1, 0.15) is 0 Å². The van der Waals surface area contributed by atoms with E-state index in [9.17, 15) is 4.79 Å². The van der Waals surface area contributed by atoms with E-state index < -0.39 is 0 Å². The van der Waals surface area contributed by atoms with Crippen LogP contribution < -0.4 is 0 Å². The predicted molar refractivity (Wildman–Crippen MR) is 61.5 cm³/mol. The molecule has 1 aliphatic carbocycles. The summed E-state index contributed by atoms with van der Waals surface area (Å²) in [5, 5.41) is 0. The summed E-state index contributed by atoms with van der Waals surface area (Å²) < 4.78 is 5.49. The van der Waals surface area contributed by atoms with Gasteiger partial charge >= 0.3 is 0 Å². The van der Waals surface area contributed by atoms with Crippen molar-refractivity contribution in [2.24, 2.45) is 11.8 Å². The van der Waals surface area contributed by atoms with Gasteiger partial charge in [-0.2, -0.15) is 0 Å². The lowest BCUT2D eigenvalue weighted by atomic mass is 9.85. The molecule has 2 atom stereocenters. The maximum atomic E-state index is 12.2. The zero-order valence-corrected chi connectivity index (χ0v) is 9.32. The normalized spacial score (nSPS) is 29.1. The number of hydrogen-bond donors (Lipinski definition) is 0. The highest BCUT2D eigenvalue weighted by atomic mass is 16.5. The summed E-state index contributed by atoms with van der Waals surface area (Å²) in [6.07, 6.45) is 3.16. The van der Waals surface area contributed by atoms with Crippen LogP contribution >= 0.6 is 0 Å². The first-order chi connectivity index (χ1) is 7.86. The maximum Gasteiger partial charge on any atom is 0.166 e. The molecule has 2 heteroatoms. The number of hydrogen-bond acceptors (Lipinski definition) is 2. The minimum absolute atomic E-state index is 0.178. The van der Waals surface area contributed by atoms with E-state index in [4.69, 9.17) is 4.74 Å². The van der Waals surface area contributed by atoms with E-state index >= 15 is 0 Å². The van der Waals surface area contributed by atoms with Crippen LogP contribution in [0.4, 0.5) is 0 Å². The second-order valence-electron chi connectivity index (χ2n) is 4.81. The number of carbonyl (C=O) groups excluding carboxylic acids is 1. The van der Waals surface area contributed by atoms with Gasteiger partial charge in [0.05, 0.1) is 6.61 Å². The summed E-state index contributed by atoms with van der Waals surface area (Å²) in [5.41, 5.74) is 2.17. The zero-order chi connectivity index (χ0) is 11.0. The molecule has 1 aliphatic heterocycles. The Morgan fingerprint density at radius 3 is 2.88 bits per heavy atom. The molecule has 0 bridgehead atoms. The van der Waals surface area contributed by atoms with Crippen LogP contribution in [-0.4, -0.2) is 19.0 Å².